The summed E-state index contributed by atoms with van der Waals surface area (Å²) in [5, 5.41) is 0.701. The Kier molecular flexibility index (Phi) is 5.62. The van der Waals surface area contributed by atoms with E-state index in [1.807, 2.05) is 45.2 Å². The van der Waals surface area contributed by atoms with Gasteiger partial charge < -0.3 is 14.7 Å². The number of halogens is 1. The van der Waals surface area contributed by atoms with Gasteiger partial charge in [0.25, 0.3) is 0 Å². The highest BCUT2D eigenvalue weighted by Gasteiger charge is 2.41. The summed E-state index contributed by atoms with van der Waals surface area (Å²) < 4.78 is 0. The topological polar surface area (TPSA) is 52.6 Å². The Morgan fingerprint density at radius 1 is 1.20 bits per heavy atom. The fourth-order valence-corrected chi connectivity index (χ4v) is 4.77. The second-order valence-corrected chi connectivity index (χ2v) is 9.35. The SMILES string of the molecule is CCN(c1ccc(Cl)cc1)c1ncc2c(n1)N(C1CCCC1)CC(C)(C)C(=O)N2C. The molecule has 2 aliphatic rings. The summed E-state index contributed by atoms with van der Waals surface area (Å²) in [7, 11) is 1.83. The lowest BCUT2D eigenvalue weighted by Crippen LogP contribution is -2.45. The Balaban J connectivity index is 1.81. The van der Waals surface area contributed by atoms with Crippen molar-refractivity contribution in [1.29, 1.82) is 0 Å². The van der Waals surface area contributed by atoms with Crippen molar-refractivity contribution < 1.29 is 4.79 Å². The number of anilines is 4. The lowest BCUT2D eigenvalue weighted by atomic mass is 9.91. The predicted molar refractivity (Wildman–Crippen MR) is 123 cm³/mol. The smallest absolute Gasteiger partial charge is 0.234 e. The van der Waals surface area contributed by atoms with Crippen molar-refractivity contribution in [2.24, 2.45) is 5.41 Å². The molecular formula is C23H30ClN5O. The van der Waals surface area contributed by atoms with Crippen molar-refractivity contribution in [1.82, 2.24) is 9.97 Å². The van der Waals surface area contributed by atoms with Crippen LogP contribution in [0.3, 0.4) is 0 Å². The summed E-state index contributed by atoms with van der Waals surface area (Å²) >= 11 is 6.07. The largest absolute Gasteiger partial charge is 0.351 e. The summed E-state index contributed by atoms with van der Waals surface area (Å²) in [5.41, 5.74) is 1.29. The zero-order valence-corrected chi connectivity index (χ0v) is 19.0. The summed E-state index contributed by atoms with van der Waals surface area (Å²) in [6.45, 7) is 7.53. The zero-order valence-electron chi connectivity index (χ0n) is 18.2. The van der Waals surface area contributed by atoms with Crippen LogP contribution in [0.4, 0.5) is 23.1 Å². The molecule has 1 aliphatic heterocycles. The van der Waals surface area contributed by atoms with Crippen LogP contribution >= 0.6 is 11.6 Å². The van der Waals surface area contributed by atoms with Gasteiger partial charge in [-0.15, -0.1) is 0 Å². The zero-order chi connectivity index (χ0) is 21.5. The van der Waals surface area contributed by atoms with E-state index in [9.17, 15) is 4.79 Å². The molecule has 1 aliphatic carbocycles. The molecule has 2 aromatic rings. The Morgan fingerprint density at radius 3 is 2.50 bits per heavy atom. The monoisotopic (exact) mass is 427 g/mol. The van der Waals surface area contributed by atoms with Gasteiger partial charge in [0.2, 0.25) is 11.9 Å². The van der Waals surface area contributed by atoms with Gasteiger partial charge in [-0.2, -0.15) is 4.98 Å². The Morgan fingerprint density at radius 2 is 1.87 bits per heavy atom. The minimum absolute atomic E-state index is 0.102. The summed E-state index contributed by atoms with van der Waals surface area (Å²) in [6, 6.07) is 8.13. The highest BCUT2D eigenvalue weighted by atomic mass is 35.5. The normalized spacial score (nSPS) is 19.0. The molecule has 6 nitrogen and oxygen atoms in total. The van der Waals surface area contributed by atoms with Crippen LogP contribution in [-0.4, -0.2) is 42.1 Å². The van der Waals surface area contributed by atoms with E-state index < -0.39 is 5.41 Å². The summed E-state index contributed by atoms with van der Waals surface area (Å²) in [4.78, 5) is 29.0. The number of rotatable bonds is 4. The molecule has 2 heterocycles. The first-order chi connectivity index (χ1) is 14.3. The second kappa shape index (κ2) is 8.06. The van der Waals surface area contributed by atoms with Crippen LogP contribution in [0.25, 0.3) is 0 Å². The third-order valence-corrected chi connectivity index (χ3v) is 6.53. The first-order valence-corrected chi connectivity index (χ1v) is 11.1. The van der Waals surface area contributed by atoms with Gasteiger partial charge in [-0.3, -0.25) is 4.79 Å². The number of aromatic nitrogens is 2. The molecule has 7 heteroatoms. The first-order valence-electron chi connectivity index (χ1n) is 10.8. The Hall–Kier alpha value is -2.34. The molecular weight excluding hydrogens is 398 g/mol. The maximum absolute atomic E-state index is 13.1. The quantitative estimate of drug-likeness (QED) is 0.684. The van der Waals surface area contributed by atoms with E-state index in [1.54, 1.807) is 11.1 Å². The molecule has 0 N–H and O–H groups in total. The second-order valence-electron chi connectivity index (χ2n) is 8.91. The van der Waals surface area contributed by atoms with Crippen LogP contribution < -0.4 is 14.7 Å². The molecule has 0 saturated heterocycles. The lowest BCUT2D eigenvalue weighted by molar-refractivity contribution is -0.125. The van der Waals surface area contributed by atoms with E-state index in [4.69, 9.17) is 16.6 Å². The van der Waals surface area contributed by atoms with E-state index in [1.165, 1.54) is 12.8 Å². The van der Waals surface area contributed by atoms with Crippen molar-refractivity contribution in [3.63, 3.8) is 0 Å². The van der Waals surface area contributed by atoms with E-state index in [0.717, 1.165) is 36.6 Å². The van der Waals surface area contributed by atoms with Crippen LogP contribution in [0.1, 0.15) is 46.5 Å². The van der Waals surface area contributed by atoms with Crippen molar-refractivity contribution >= 4 is 40.6 Å². The number of nitrogens with zero attached hydrogens (tertiary/aromatic N) is 5. The molecule has 0 radical (unpaired) electrons. The third kappa shape index (κ3) is 3.73. The van der Waals surface area contributed by atoms with Gasteiger partial charge in [0.05, 0.1) is 11.6 Å². The highest BCUT2D eigenvalue weighted by molar-refractivity contribution is 6.30. The molecule has 1 saturated carbocycles. The van der Waals surface area contributed by atoms with E-state index >= 15 is 0 Å². The highest BCUT2D eigenvalue weighted by Crippen LogP contribution is 2.41. The molecule has 0 spiro atoms. The fourth-order valence-electron chi connectivity index (χ4n) is 4.65. The third-order valence-electron chi connectivity index (χ3n) is 6.28. The van der Waals surface area contributed by atoms with Gasteiger partial charge in [0.1, 0.15) is 5.69 Å². The number of fused-ring (bicyclic) bond motifs is 1. The number of hydrogen-bond donors (Lipinski definition) is 0. The van der Waals surface area contributed by atoms with Gasteiger partial charge in [-0.25, -0.2) is 4.98 Å². The van der Waals surface area contributed by atoms with Crippen LogP contribution in [-0.2, 0) is 4.79 Å². The van der Waals surface area contributed by atoms with Gasteiger partial charge >= 0.3 is 0 Å². The predicted octanol–water partition coefficient (Wildman–Crippen LogP) is 5.04. The number of amides is 1. The van der Waals surface area contributed by atoms with Crippen LogP contribution in [0, 0.1) is 5.41 Å². The molecule has 1 aromatic carbocycles. The Bertz CT molecular complexity index is 924. The maximum Gasteiger partial charge on any atom is 0.234 e. The molecule has 30 heavy (non-hydrogen) atoms. The number of benzene rings is 1. The molecule has 4 rings (SSSR count). The van der Waals surface area contributed by atoms with Gasteiger partial charge in [-0.05, 0) is 57.9 Å². The Labute approximate surface area is 183 Å². The number of hydrogen-bond acceptors (Lipinski definition) is 5. The fraction of sp³-hybridized carbons (Fsp3) is 0.522. The minimum atomic E-state index is -0.487. The molecule has 0 bridgehead atoms. The van der Waals surface area contributed by atoms with Gasteiger partial charge in [0, 0.05) is 36.9 Å². The van der Waals surface area contributed by atoms with E-state index in [2.05, 4.69) is 21.7 Å². The number of carbonyl (C=O) groups excluding carboxylic acids is 1. The van der Waals surface area contributed by atoms with Crippen molar-refractivity contribution in [3.8, 4) is 0 Å². The standard InChI is InChI=1S/C23H30ClN5O/c1-5-28(18-12-10-16(24)11-13-18)22-25-14-19-20(26-22)29(17-8-6-7-9-17)15-23(2,3)21(30)27(19)4/h10-14,17H,5-9,15H2,1-4H3. The summed E-state index contributed by atoms with van der Waals surface area (Å²) in [5.74, 6) is 1.61. The van der Waals surface area contributed by atoms with Gasteiger partial charge in [-0.1, -0.05) is 24.4 Å². The average Bonchev–Trinajstić information content (AvgIpc) is 3.25. The molecule has 0 atom stereocenters. The average molecular weight is 428 g/mol. The molecule has 1 amide bonds. The van der Waals surface area contributed by atoms with Crippen LogP contribution in [0.5, 0.6) is 0 Å². The first kappa shape index (κ1) is 20.9. The molecule has 0 unspecified atom stereocenters. The van der Waals surface area contributed by atoms with E-state index in [-0.39, 0.29) is 5.91 Å². The molecule has 1 aromatic heterocycles. The maximum atomic E-state index is 13.1. The van der Waals surface area contributed by atoms with Crippen LogP contribution in [0.15, 0.2) is 30.5 Å². The molecule has 1 fully saturated rings. The number of carbonyl (C=O) groups is 1. The van der Waals surface area contributed by atoms with Crippen molar-refractivity contribution in [2.75, 3.05) is 34.8 Å². The summed E-state index contributed by atoms with van der Waals surface area (Å²) in [6.07, 6.45) is 6.54. The lowest BCUT2D eigenvalue weighted by Gasteiger charge is -2.34. The van der Waals surface area contributed by atoms with Crippen LogP contribution in [0.2, 0.25) is 5.02 Å². The van der Waals surface area contributed by atoms with Gasteiger partial charge in [0.15, 0.2) is 5.82 Å². The van der Waals surface area contributed by atoms with Crippen molar-refractivity contribution in [3.05, 3.63) is 35.5 Å². The minimum Gasteiger partial charge on any atom is -0.351 e. The van der Waals surface area contributed by atoms with Crippen molar-refractivity contribution in [2.45, 2.75) is 52.5 Å². The van der Waals surface area contributed by atoms with E-state index in [0.29, 0.717) is 23.6 Å². The molecule has 160 valence electrons.